The second kappa shape index (κ2) is 3.56. The Morgan fingerprint density at radius 1 is 1.60 bits per heavy atom. The van der Waals surface area contributed by atoms with Crippen molar-refractivity contribution in [1.82, 2.24) is 15.0 Å². The molecule has 0 amide bonds. The molecule has 1 N–H and O–H groups in total. The van der Waals surface area contributed by atoms with Gasteiger partial charge in [-0.2, -0.15) is 0 Å². The van der Waals surface area contributed by atoms with Gasteiger partial charge in [0, 0.05) is 13.1 Å². The number of carboxylic acid groups (broad SMARTS) is 1. The SMILES string of the molecule is Cn1nnc2cc(OCC(=O)O)ccc21. The maximum Gasteiger partial charge on any atom is 0.341 e. The number of aromatic nitrogens is 3. The van der Waals surface area contributed by atoms with Gasteiger partial charge >= 0.3 is 5.97 Å². The Morgan fingerprint density at radius 2 is 2.40 bits per heavy atom. The Morgan fingerprint density at radius 3 is 3.13 bits per heavy atom. The monoisotopic (exact) mass is 207 g/mol. The Bertz CT molecular complexity index is 506. The van der Waals surface area contributed by atoms with E-state index in [0.29, 0.717) is 11.3 Å². The van der Waals surface area contributed by atoms with Crippen molar-refractivity contribution in [3.8, 4) is 5.75 Å². The molecule has 0 saturated carbocycles. The smallest absolute Gasteiger partial charge is 0.341 e. The standard InChI is InChI=1S/C9H9N3O3/c1-12-8-3-2-6(15-5-9(13)14)4-7(8)10-11-12/h2-4H,5H2,1H3,(H,13,14). The Kier molecular flexibility index (Phi) is 2.24. The van der Waals surface area contributed by atoms with E-state index in [0.717, 1.165) is 5.52 Å². The van der Waals surface area contributed by atoms with E-state index >= 15 is 0 Å². The van der Waals surface area contributed by atoms with Gasteiger partial charge in [0.05, 0.1) is 5.52 Å². The number of aliphatic carboxylic acids is 1. The van der Waals surface area contributed by atoms with Crippen LogP contribution in [0, 0.1) is 0 Å². The summed E-state index contributed by atoms with van der Waals surface area (Å²) in [5.74, 6) is -0.528. The third-order valence-electron chi connectivity index (χ3n) is 1.94. The van der Waals surface area contributed by atoms with Crippen LogP contribution in [0.3, 0.4) is 0 Å². The van der Waals surface area contributed by atoms with Crippen LogP contribution in [0.1, 0.15) is 0 Å². The lowest BCUT2D eigenvalue weighted by molar-refractivity contribution is -0.139. The van der Waals surface area contributed by atoms with Gasteiger partial charge in [0.25, 0.3) is 0 Å². The maximum absolute atomic E-state index is 10.3. The van der Waals surface area contributed by atoms with Crippen LogP contribution in [0.25, 0.3) is 11.0 Å². The minimum absolute atomic E-state index is 0.355. The van der Waals surface area contributed by atoms with E-state index in [1.807, 2.05) is 0 Å². The van der Waals surface area contributed by atoms with E-state index in [1.54, 1.807) is 29.9 Å². The average Bonchev–Trinajstić information content (AvgIpc) is 2.57. The van der Waals surface area contributed by atoms with Crippen molar-refractivity contribution in [2.75, 3.05) is 6.61 Å². The number of fused-ring (bicyclic) bond motifs is 1. The number of carbonyl (C=O) groups is 1. The Labute approximate surface area is 85.1 Å². The largest absolute Gasteiger partial charge is 0.482 e. The number of hydrogen-bond acceptors (Lipinski definition) is 4. The van der Waals surface area contributed by atoms with Crippen molar-refractivity contribution in [2.45, 2.75) is 0 Å². The molecule has 1 heterocycles. The van der Waals surface area contributed by atoms with Crippen LogP contribution < -0.4 is 4.74 Å². The molecule has 0 fully saturated rings. The number of carboxylic acids is 1. The Hall–Kier alpha value is -2.11. The van der Waals surface area contributed by atoms with Gasteiger partial charge in [-0.15, -0.1) is 5.10 Å². The summed E-state index contributed by atoms with van der Waals surface area (Å²) in [7, 11) is 1.78. The third kappa shape index (κ3) is 1.88. The summed E-state index contributed by atoms with van der Waals surface area (Å²) < 4.78 is 6.64. The minimum Gasteiger partial charge on any atom is -0.482 e. The summed E-state index contributed by atoms with van der Waals surface area (Å²) in [5.41, 5.74) is 1.55. The van der Waals surface area contributed by atoms with Gasteiger partial charge < -0.3 is 9.84 Å². The lowest BCUT2D eigenvalue weighted by Crippen LogP contribution is -2.09. The molecule has 1 aromatic carbocycles. The molecule has 78 valence electrons. The number of benzene rings is 1. The van der Waals surface area contributed by atoms with E-state index in [-0.39, 0.29) is 6.61 Å². The van der Waals surface area contributed by atoms with Crippen molar-refractivity contribution in [2.24, 2.45) is 7.05 Å². The van der Waals surface area contributed by atoms with Crippen LogP contribution in [0.5, 0.6) is 5.75 Å². The summed E-state index contributed by atoms with van der Waals surface area (Å²) in [4.78, 5) is 10.3. The number of ether oxygens (including phenoxy) is 1. The molecule has 0 atom stereocenters. The predicted molar refractivity (Wildman–Crippen MR) is 51.6 cm³/mol. The second-order valence-electron chi connectivity index (χ2n) is 3.05. The molecule has 0 aliphatic carbocycles. The van der Waals surface area contributed by atoms with Crippen molar-refractivity contribution >= 4 is 17.0 Å². The lowest BCUT2D eigenvalue weighted by Gasteiger charge is -2.01. The lowest BCUT2D eigenvalue weighted by atomic mass is 10.3. The van der Waals surface area contributed by atoms with Gasteiger partial charge in [-0.05, 0) is 12.1 Å². The molecular formula is C9H9N3O3. The number of hydrogen-bond donors (Lipinski definition) is 1. The van der Waals surface area contributed by atoms with Gasteiger partial charge in [0.2, 0.25) is 0 Å². The third-order valence-corrected chi connectivity index (χ3v) is 1.94. The molecular weight excluding hydrogens is 198 g/mol. The minimum atomic E-state index is -1.01. The van der Waals surface area contributed by atoms with Crippen LogP contribution in [0.2, 0.25) is 0 Å². The van der Waals surface area contributed by atoms with Crippen molar-refractivity contribution < 1.29 is 14.6 Å². The van der Waals surface area contributed by atoms with Crippen LogP contribution in [-0.2, 0) is 11.8 Å². The Balaban J connectivity index is 2.27. The first-order chi connectivity index (χ1) is 7.16. The van der Waals surface area contributed by atoms with Gasteiger partial charge in [0.15, 0.2) is 6.61 Å². The molecule has 2 aromatic rings. The van der Waals surface area contributed by atoms with Gasteiger partial charge in [0.1, 0.15) is 11.3 Å². The molecule has 0 bridgehead atoms. The molecule has 0 saturated heterocycles. The summed E-state index contributed by atoms with van der Waals surface area (Å²) in [6.45, 7) is -0.355. The zero-order chi connectivity index (χ0) is 10.8. The van der Waals surface area contributed by atoms with Crippen molar-refractivity contribution in [3.63, 3.8) is 0 Å². The predicted octanol–water partition coefficient (Wildman–Crippen LogP) is 0.432. The zero-order valence-electron chi connectivity index (χ0n) is 8.04. The van der Waals surface area contributed by atoms with Crippen LogP contribution >= 0.6 is 0 Å². The summed E-state index contributed by atoms with van der Waals surface area (Å²) >= 11 is 0. The molecule has 6 heteroatoms. The number of aryl methyl sites for hydroxylation is 1. The molecule has 1 aromatic heterocycles. The van der Waals surface area contributed by atoms with E-state index < -0.39 is 5.97 Å². The fourth-order valence-electron chi connectivity index (χ4n) is 1.26. The van der Waals surface area contributed by atoms with E-state index in [2.05, 4.69) is 10.3 Å². The van der Waals surface area contributed by atoms with Crippen LogP contribution in [-0.4, -0.2) is 32.7 Å². The van der Waals surface area contributed by atoms with E-state index in [9.17, 15) is 4.79 Å². The highest BCUT2D eigenvalue weighted by Gasteiger charge is 2.04. The molecule has 6 nitrogen and oxygen atoms in total. The highest BCUT2D eigenvalue weighted by Crippen LogP contribution is 2.17. The number of rotatable bonds is 3. The fourth-order valence-corrected chi connectivity index (χ4v) is 1.26. The first-order valence-electron chi connectivity index (χ1n) is 4.31. The van der Waals surface area contributed by atoms with E-state index in [1.165, 1.54) is 0 Å². The first-order valence-corrected chi connectivity index (χ1v) is 4.31. The highest BCUT2D eigenvalue weighted by atomic mass is 16.5. The molecule has 0 spiro atoms. The zero-order valence-corrected chi connectivity index (χ0v) is 8.04. The summed E-state index contributed by atoms with van der Waals surface area (Å²) in [5, 5.41) is 16.2. The van der Waals surface area contributed by atoms with Crippen LogP contribution in [0.4, 0.5) is 0 Å². The first kappa shape index (κ1) is 9.45. The van der Waals surface area contributed by atoms with Gasteiger partial charge in [-0.3, -0.25) is 0 Å². The molecule has 15 heavy (non-hydrogen) atoms. The van der Waals surface area contributed by atoms with Crippen LogP contribution in [0.15, 0.2) is 18.2 Å². The second-order valence-corrected chi connectivity index (χ2v) is 3.05. The highest BCUT2D eigenvalue weighted by molar-refractivity contribution is 5.76. The van der Waals surface area contributed by atoms with Gasteiger partial charge in [-0.25, -0.2) is 9.48 Å². The molecule has 0 unspecified atom stereocenters. The summed E-state index contributed by atoms with van der Waals surface area (Å²) in [6.07, 6.45) is 0. The number of nitrogens with zero attached hydrogens (tertiary/aromatic N) is 3. The molecule has 2 rings (SSSR count). The van der Waals surface area contributed by atoms with Crippen molar-refractivity contribution in [3.05, 3.63) is 18.2 Å². The normalized spacial score (nSPS) is 10.5. The fraction of sp³-hybridized carbons (Fsp3) is 0.222. The molecule has 0 radical (unpaired) electrons. The quantitative estimate of drug-likeness (QED) is 0.789. The topological polar surface area (TPSA) is 77.2 Å². The maximum atomic E-state index is 10.3. The van der Waals surface area contributed by atoms with Gasteiger partial charge in [-0.1, -0.05) is 5.21 Å². The molecule has 0 aliphatic rings. The average molecular weight is 207 g/mol. The summed E-state index contributed by atoms with van der Waals surface area (Å²) in [6, 6.07) is 5.13. The van der Waals surface area contributed by atoms with E-state index in [4.69, 9.17) is 9.84 Å². The van der Waals surface area contributed by atoms with Crippen molar-refractivity contribution in [1.29, 1.82) is 0 Å². The molecule has 0 aliphatic heterocycles.